The summed E-state index contributed by atoms with van der Waals surface area (Å²) < 4.78 is 16.4. The van der Waals surface area contributed by atoms with Crippen molar-refractivity contribution in [3.63, 3.8) is 0 Å². The molecule has 1 aromatic carbocycles. The fourth-order valence-corrected chi connectivity index (χ4v) is 4.34. The van der Waals surface area contributed by atoms with E-state index >= 15 is 0 Å². The standard InChI is InChI=1S/C20H23BrFN5O/c1-11-3-5-12(6-4-11)17(26-20(28)15-9-10-23-27(15)2)19-24-14-8-7-13(21)16(22)18(14)25-19/h7-12,17H,3-6H2,1-2H3,(H,24,25)(H,26,28). The number of amides is 1. The maximum Gasteiger partial charge on any atom is 0.270 e. The van der Waals surface area contributed by atoms with Crippen LogP contribution >= 0.6 is 15.9 Å². The SMILES string of the molecule is CC1CCC(C(NC(=O)c2ccnn2C)c2nc3c(F)c(Br)ccc3[nH]2)CC1. The van der Waals surface area contributed by atoms with Gasteiger partial charge in [-0.2, -0.15) is 5.10 Å². The van der Waals surface area contributed by atoms with Crippen molar-refractivity contribution in [2.75, 3.05) is 0 Å². The van der Waals surface area contributed by atoms with Crippen LogP contribution in [0.5, 0.6) is 0 Å². The van der Waals surface area contributed by atoms with E-state index in [4.69, 9.17) is 0 Å². The van der Waals surface area contributed by atoms with Crippen LogP contribution in [-0.2, 0) is 7.05 Å². The number of imidazole rings is 1. The van der Waals surface area contributed by atoms with Gasteiger partial charge in [-0.3, -0.25) is 9.48 Å². The first kappa shape index (κ1) is 19.1. The van der Waals surface area contributed by atoms with Crippen molar-refractivity contribution in [3.8, 4) is 0 Å². The summed E-state index contributed by atoms with van der Waals surface area (Å²) in [6.07, 6.45) is 5.83. The summed E-state index contributed by atoms with van der Waals surface area (Å²) in [5.41, 5.74) is 1.40. The third kappa shape index (κ3) is 3.57. The van der Waals surface area contributed by atoms with E-state index in [0.717, 1.165) is 25.7 Å². The molecule has 1 saturated carbocycles. The van der Waals surface area contributed by atoms with Crippen molar-refractivity contribution < 1.29 is 9.18 Å². The van der Waals surface area contributed by atoms with Gasteiger partial charge in [-0.1, -0.05) is 19.8 Å². The minimum atomic E-state index is -0.394. The van der Waals surface area contributed by atoms with Crippen LogP contribution in [-0.4, -0.2) is 25.7 Å². The molecule has 8 heteroatoms. The molecule has 6 nitrogen and oxygen atoms in total. The zero-order chi connectivity index (χ0) is 19.8. The maximum absolute atomic E-state index is 14.5. The Bertz CT molecular complexity index is 1010. The highest BCUT2D eigenvalue weighted by atomic mass is 79.9. The van der Waals surface area contributed by atoms with Gasteiger partial charge in [-0.05, 0) is 58.8 Å². The number of H-pyrrole nitrogens is 1. The zero-order valence-corrected chi connectivity index (χ0v) is 17.5. The normalized spacial score (nSPS) is 21.0. The first-order valence-corrected chi connectivity index (χ1v) is 10.4. The van der Waals surface area contributed by atoms with Gasteiger partial charge in [0.05, 0.1) is 16.0 Å². The molecule has 0 aliphatic heterocycles. The number of aryl methyl sites for hydroxylation is 1. The third-order valence-corrected chi connectivity index (χ3v) is 6.34. The molecule has 1 amide bonds. The molecule has 1 fully saturated rings. The van der Waals surface area contributed by atoms with Crippen molar-refractivity contribution in [3.05, 3.63) is 46.2 Å². The Morgan fingerprint density at radius 2 is 2.07 bits per heavy atom. The second-order valence-corrected chi connectivity index (χ2v) is 8.55. The summed E-state index contributed by atoms with van der Waals surface area (Å²) in [6, 6.07) is 4.83. The summed E-state index contributed by atoms with van der Waals surface area (Å²) in [4.78, 5) is 20.6. The molecule has 2 heterocycles. The summed E-state index contributed by atoms with van der Waals surface area (Å²) in [7, 11) is 1.74. The highest BCUT2D eigenvalue weighted by molar-refractivity contribution is 9.10. The highest BCUT2D eigenvalue weighted by Crippen LogP contribution is 2.37. The van der Waals surface area contributed by atoms with E-state index in [1.165, 1.54) is 0 Å². The molecule has 4 rings (SSSR count). The molecule has 1 atom stereocenters. The van der Waals surface area contributed by atoms with Gasteiger partial charge < -0.3 is 10.3 Å². The van der Waals surface area contributed by atoms with Crippen LogP contribution in [0.4, 0.5) is 4.39 Å². The molecule has 1 aliphatic rings. The third-order valence-electron chi connectivity index (χ3n) is 5.73. The van der Waals surface area contributed by atoms with Crippen LogP contribution in [0.3, 0.4) is 0 Å². The molecule has 1 unspecified atom stereocenters. The minimum Gasteiger partial charge on any atom is -0.340 e. The minimum absolute atomic E-state index is 0.203. The number of hydrogen-bond acceptors (Lipinski definition) is 3. The van der Waals surface area contributed by atoms with Gasteiger partial charge in [0, 0.05) is 13.2 Å². The van der Waals surface area contributed by atoms with Crippen LogP contribution in [0.25, 0.3) is 11.0 Å². The van der Waals surface area contributed by atoms with Gasteiger partial charge in [0.1, 0.15) is 17.0 Å². The van der Waals surface area contributed by atoms with Gasteiger partial charge in [-0.25, -0.2) is 9.37 Å². The molecule has 0 bridgehead atoms. The second-order valence-electron chi connectivity index (χ2n) is 7.69. The summed E-state index contributed by atoms with van der Waals surface area (Å²) in [5.74, 6) is 0.941. The fourth-order valence-electron chi connectivity index (χ4n) is 4.02. The smallest absolute Gasteiger partial charge is 0.270 e. The van der Waals surface area contributed by atoms with E-state index in [-0.39, 0.29) is 23.4 Å². The Kier molecular flexibility index (Phi) is 5.23. The van der Waals surface area contributed by atoms with E-state index in [0.29, 0.717) is 27.4 Å². The zero-order valence-electron chi connectivity index (χ0n) is 15.9. The van der Waals surface area contributed by atoms with E-state index in [1.54, 1.807) is 36.1 Å². The molecule has 148 valence electrons. The Balaban J connectivity index is 1.69. The molecule has 0 saturated heterocycles. The van der Waals surface area contributed by atoms with Crippen LogP contribution < -0.4 is 5.32 Å². The average Bonchev–Trinajstić information content (AvgIpc) is 3.30. The molecule has 0 radical (unpaired) electrons. The number of rotatable bonds is 4. The van der Waals surface area contributed by atoms with E-state index in [2.05, 4.69) is 43.2 Å². The Hall–Kier alpha value is -2.22. The summed E-state index contributed by atoms with van der Waals surface area (Å²) >= 11 is 3.21. The number of aromatic nitrogens is 4. The molecular formula is C20H23BrFN5O. The number of benzene rings is 1. The van der Waals surface area contributed by atoms with Crippen molar-refractivity contribution >= 4 is 32.9 Å². The molecule has 28 heavy (non-hydrogen) atoms. The lowest BCUT2D eigenvalue weighted by Crippen LogP contribution is -2.36. The Labute approximate surface area is 171 Å². The summed E-state index contributed by atoms with van der Waals surface area (Å²) in [6.45, 7) is 2.26. The van der Waals surface area contributed by atoms with Crippen LogP contribution in [0.1, 0.15) is 55.0 Å². The number of halogens is 2. The lowest BCUT2D eigenvalue weighted by atomic mass is 9.79. The first-order valence-electron chi connectivity index (χ1n) is 9.56. The quantitative estimate of drug-likeness (QED) is 0.618. The maximum atomic E-state index is 14.5. The molecule has 2 aromatic heterocycles. The van der Waals surface area contributed by atoms with Gasteiger partial charge in [0.25, 0.3) is 5.91 Å². The average molecular weight is 448 g/mol. The number of carbonyl (C=O) groups excluding carboxylic acids is 1. The van der Waals surface area contributed by atoms with Gasteiger partial charge in [-0.15, -0.1) is 0 Å². The molecule has 2 N–H and O–H groups in total. The number of nitrogens with one attached hydrogen (secondary N) is 2. The van der Waals surface area contributed by atoms with Crippen molar-refractivity contribution in [2.45, 2.75) is 38.6 Å². The second kappa shape index (κ2) is 7.66. The Morgan fingerprint density at radius 1 is 1.32 bits per heavy atom. The van der Waals surface area contributed by atoms with Gasteiger partial charge in [0.15, 0.2) is 5.82 Å². The lowest BCUT2D eigenvalue weighted by molar-refractivity contribution is 0.0895. The predicted octanol–water partition coefficient (Wildman–Crippen LogP) is 4.50. The molecule has 1 aliphatic carbocycles. The van der Waals surface area contributed by atoms with Crippen molar-refractivity contribution in [1.29, 1.82) is 0 Å². The van der Waals surface area contributed by atoms with Gasteiger partial charge >= 0.3 is 0 Å². The number of carbonyl (C=O) groups is 1. The number of hydrogen-bond donors (Lipinski definition) is 2. The van der Waals surface area contributed by atoms with Crippen molar-refractivity contribution in [1.82, 2.24) is 25.1 Å². The monoisotopic (exact) mass is 447 g/mol. The van der Waals surface area contributed by atoms with Crippen LogP contribution in [0.15, 0.2) is 28.9 Å². The number of nitrogens with zero attached hydrogens (tertiary/aromatic N) is 3. The van der Waals surface area contributed by atoms with E-state index < -0.39 is 5.82 Å². The predicted molar refractivity (Wildman–Crippen MR) is 108 cm³/mol. The fraction of sp³-hybridized carbons (Fsp3) is 0.450. The molecular weight excluding hydrogens is 425 g/mol. The molecule has 3 aromatic rings. The Morgan fingerprint density at radius 3 is 2.75 bits per heavy atom. The van der Waals surface area contributed by atoms with Crippen molar-refractivity contribution in [2.24, 2.45) is 18.9 Å². The van der Waals surface area contributed by atoms with E-state index in [9.17, 15) is 9.18 Å². The van der Waals surface area contributed by atoms with Crippen LogP contribution in [0.2, 0.25) is 0 Å². The van der Waals surface area contributed by atoms with Crippen LogP contribution in [0, 0.1) is 17.7 Å². The number of fused-ring (bicyclic) bond motifs is 1. The topological polar surface area (TPSA) is 75.6 Å². The molecule has 0 spiro atoms. The van der Waals surface area contributed by atoms with Gasteiger partial charge in [0.2, 0.25) is 0 Å². The van der Waals surface area contributed by atoms with E-state index in [1.807, 2.05) is 0 Å². The lowest BCUT2D eigenvalue weighted by Gasteiger charge is -2.32. The first-order chi connectivity index (χ1) is 13.4. The highest BCUT2D eigenvalue weighted by Gasteiger charge is 2.31. The number of aromatic amines is 1. The largest absolute Gasteiger partial charge is 0.340 e. The summed E-state index contributed by atoms with van der Waals surface area (Å²) in [5, 5.41) is 7.20.